The van der Waals surface area contributed by atoms with Crippen molar-refractivity contribution in [3.63, 3.8) is 0 Å². The van der Waals surface area contributed by atoms with Crippen LogP contribution >= 0.6 is 11.6 Å². The lowest BCUT2D eigenvalue weighted by molar-refractivity contribution is 0.687. The number of aryl methyl sites for hydroxylation is 1. The summed E-state index contributed by atoms with van der Waals surface area (Å²) in [7, 11) is 0. The van der Waals surface area contributed by atoms with Crippen LogP contribution in [0.3, 0.4) is 0 Å². The van der Waals surface area contributed by atoms with Crippen molar-refractivity contribution in [3.05, 3.63) is 47.0 Å². The van der Waals surface area contributed by atoms with Crippen LogP contribution in [-0.4, -0.2) is 15.6 Å². The number of nitrogens with zero attached hydrogens (tertiary/aromatic N) is 2. The molecule has 0 amide bonds. The predicted octanol–water partition coefficient (Wildman–Crippen LogP) is 3.73. The van der Waals surface area contributed by atoms with Gasteiger partial charge in [0, 0.05) is 31.4 Å². The van der Waals surface area contributed by atoms with Crippen LogP contribution in [0.1, 0.15) is 37.6 Å². The molecule has 0 unspecified atom stereocenters. The van der Waals surface area contributed by atoms with Crippen molar-refractivity contribution < 1.29 is 0 Å². The summed E-state index contributed by atoms with van der Waals surface area (Å²) in [5.74, 6) is 1.07. The zero-order chi connectivity index (χ0) is 13.9. The van der Waals surface area contributed by atoms with Gasteiger partial charge in [0.15, 0.2) is 0 Å². The van der Waals surface area contributed by atoms with Crippen LogP contribution < -0.4 is 5.32 Å². The zero-order valence-electron chi connectivity index (χ0n) is 11.8. The van der Waals surface area contributed by atoms with Gasteiger partial charge in [0.05, 0.1) is 10.7 Å². The van der Waals surface area contributed by atoms with E-state index in [4.69, 9.17) is 11.6 Å². The van der Waals surface area contributed by atoms with E-state index in [1.54, 1.807) is 0 Å². The molecule has 0 aliphatic heterocycles. The first-order chi connectivity index (χ1) is 9.78. The molecule has 0 saturated heterocycles. The number of benzene rings is 1. The molecular formula is C16H20ClN3. The minimum absolute atomic E-state index is 0.721. The fourth-order valence-electron chi connectivity index (χ4n) is 2.37. The zero-order valence-corrected chi connectivity index (χ0v) is 12.5. The average Bonchev–Trinajstić information content (AvgIpc) is 3.17. The summed E-state index contributed by atoms with van der Waals surface area (Å²) >= 11 is 6.45. The molecule has 0 spiro atoms. The molecule has 1 aliphatic carbocycles. The van der Waals surface area contributed by atoms with E-state index in [1.807, 2.05) is 12.4 Å². The first kappa shape index (κ1) is 13.7. The lowest BCUT2D eigenvalue weighted by Gasteiger charge is -2.11. The Morgan fingerprint density at radius 2 is 2.25 bits per heavy atom. The maximum atomic E-state index is 6.45. The number of hydrogen-bond donors (Lipinski definition) is 1. The fourth-order valence-corrected chi connectivity index (χ4v) is 2.66. The van der Waals surface area contributed by atoms with Crippen LogP contribution in [-0.2, 0) is 13.0 Å². The average molecular weight is 290 g/mol. The lowest BCUT2D eigenvalue weighted by Crippen LogP contribution is -2.15. The van der Waals surface area contributed by atoms with E-state index >= 15 is 0 Å². The van der Waals surface area contributed by atoms with Crippen molar-refractivity contribution in [2.45, 2.75) is 45.2 Å². The summed E-state index contributed by atoms with van der Waals surface area (Å²) < 4.78 is 2.09. The van der Waals surface area contributed by atoms with E-state index in [9.17, 15) is 0 Å². The van der Waals surface area contributed by atoms with Crippen LogP contribution in [0.25, 0.3) is 5.69 Å². The molecule has 20 heavy (non-hydrogen) atoms. The van der Waals surface area contributed by atoms with Gasteiger partial charge in [-0.05, 0) is 37.0 Å². The van der Waals surface area contributed by atoms with E-state index in [-0.39, 0.29) is 0 Å². The van der Waals surface area contributed by atoms with Crippen molar-refractivity contribution in [2.24, 2.45) is 0 Å². The second-order valence-corrected chi connectivity index (χ2v) is 5.81. The van der Waals surface area contributed by atoms with E-state index in [2.05, 4.69) is 40.0 Å². The standard InChI is InChI=1S/C16H20ClN3/c1-2-3-16-18-8-9-20(16)15-7-4-12(10-14(15)17)11-19-13-5-6-13/h4,7-10,13,19H,2-3,5-6,11H2,1H3. The molecule has 1 aliphatic rings. The van der Waals surface area contributed by atoms with Gasteiger partial charge in [-0.1, -0.05) is 24.6 Å². The molecule has 1 heterocycles. The van der Waals surface area contributed by atoms with Crippen molar-refractivity contribution in [2.75, 3.05) is 0 Å². The number of halogens is 1. The topological polar surface area (TPSA) is 29.9 Å². The molecule has 4 heteroatoms. The molecule has 0 atom stereocenters. The first-order valence-electron chi connectivity index (χ1n) is 7.32. The summed E-state index contributed by atoms with van der Waals surface area (Å²) in [6.07, 6.45) is 8.48. The highest BCUT2D eigenvalue weighted by Gasteiger charge is 2.20. The Bertz CT molecular complexity index is 587. The maximum absolute atomic E-state index is 6.45. The molecule has 3 nitrogen and oxygen atoms in total. The predicted molar refractivity (Wildman–Crippen MR) is 82.4 cm³/mol. The highest BCUT2D eigenvalue weighted by Crippen LogP contribution is 2.24. The Morgan fingerprint density at radius 1 is 1.40 bits per heavy atom. The van der Waals surface area contributed by atoms with Crippen LogP contribution in [0.2, 0.25) is 5.02 Å². The number of rotatable bonds is 6. The van der Waals surface area contributed by atoms with Crippen molar-refractivity contribution in [3.8, 4) is 5.69 Å². The summed E-state index contributed by atoms with van der Waals surface area (Å²) in [5.41, 5.74) is 2.26. The summed E-state index contributed by atoms with van der Waals surface area (Å²) in [6.45, 7) is 3.06. The third kappa shape index (κ3) is 3.05. The van der Waals surface area contributed by atoms with E-state index < -0.39 is 0 Å². The molecular weight excluding hydrogens is 270 g/mol. The van der Waals surface area contributed by atoms with Gasteiger partial charge >= 0.3 is 0 Å². The molecule has 1 aromatic heterocycles. The minimum atomic E-state index is 0.721. The number of imidazole rings is 1. The van der Waals surface area contributed by atoms with E-state index in [1.165, 1.54) is 18.4 Å². The van der Waals surface area contributed by atoms with Crippen LogP contribution in [0, 0.1) is 0 Å². The Morgan fingerprint density at radius 3 is 2.95 bits per heavy atom. The molecule has 2 aromatic rings. The van der Waals surface area contributed by atoms with Crippen LogP contribution in [0.5, 0.6) is 0 Å². The SMILES string of the molecule is CCCc1nccn1-c1ccc(CNC2CC2)cc1Cl. The third-order valence-corrected chi connectivity index (χ3v) is 3.94. The third-order valence-electron chi connectivity index (χ3n) is 3.63. The minimum Gasteiger partial charge on any atom is -0.310 e. The first-order valence-corrected chi connectivity index (χ1v) is 7.70. The van der Waals surface area contributed by atoms with Gasteiger partial charge in [-0.15, -0.1) is 0 Å². The maximum Gasteiger partial charge on any atom is 0.113 e. The van der Waals surface area contributed by atoms with E-state index in [0.29, 0.717) is 0 Å². The molecule has 0 bridgehead atoms. The van der Waals surface area contributed by atoms with Gasteiger partial charge < -0.3 is 9.88 Å². The second kappa shape index (κ2) is 5.98. The van der Waals surface area contributed by atoms with Gasteiger partial charge in [0.25, 0.3) is 0 Å². The quantitative estimate of drug-likeness (QED) is 0.878. The molecule has 1 saturated carbocycles. The molecule has 3 rings (SSSR count). The Labute approximate surface area is 125 Å². The molecule has 0 radical (unpaired) electrons. The summed E-state index contributed by atoms with van der Waals surface area (Å²) in [4.78, 5) is 4.41. The van der Waals surface area contributed by atoms with Gasteiger partial charge in [0.2, 0.25) is 0 Å². The van der Waals surface area contributed by atoms with Gasteiger partial charge in [-0.3, -0.25) is 0 Å². The highest BCUT2D eigenvalue weighted by atomic mass is 35.5. The second-order valence-electron chi connectivity index (χ2n) is 5.40. The van der Waals surface area contributed by atoms with Crippen LogP contribution in [0.4, 0.5) is 0 Å². The van der Waals surface area contributed by atoms with Crippen molar-refractivity contribution in [1.82, 2.24) is 14.9 Å². The molecule has 106 valence electrons. The largest absolute Gasteiger partial charge is 0.310 e. The number of hydrogen-bond acceptors (Lipinski definition) is 2. The fraction of sp³-hybridized carbons (Fsp3) is 0.438. The van der Waals surface area contributed by atoms with Crippen molar-refractivity contribution >= 4 is 11.6 Å². The smallest absolute Gasteiger partial charge is 0.113 e. The lowest BCUT2D eigenvalue weighted by atomic mass is 10.2. The van der Waals surface area contributed by atoms with Gasteiger partial charge in [0.1, 0.15) is 5.82 Å². The number of nitrogens with one attached hydrogen (secondary N) is 1. The molecule has 1 N–H and O–H groups in total. The Balaban J connectivity index is 1.80. The number of aromatic nitrogens is 2. The van der Waals surface area contributed by atoms with Gasteiger partial charge in [-0.25, -0.2) is 4.98 Å². The monoisotopic (exact) mass is 289 g/mol. The van der Waals surface area contributed by atoms with Crippen molar-refractivity contribution in [1.29, 1.82) is 0 Å². The summed E-state index contributed by atoms with van der Waals surface area (Å²) in [6, 6.07) is 7.01. The molecule has 1 aromatic carbocycles. The normalized spacial score (nSPS) is 14.7. The Hall–Kier alpha value is -1.32. The van der Waals surface area contributed by atoms with Crippen LogP contribution in [0.15, 0.2) is 30.6 Å². The Kier molecular flexibility index (Phi) is 4.08. The summed E-state index contributed by atoms with van der Waals surface area (Å²) in [5, 5.41) is 4.30. The van der Waals surface area contributed by atoms with E-state index in [0.717, 1.165) is 42.0 Å². The molecule has 1 fully saturated rings. The highest BCUT2D eigenvalue weighted by molar-refractivity contribution is 6.32. The van der Waals surface area contributed by atoms with Gasteiger partial charge in [-0.2, -0.15) is 0 Å².